The van der Waals surface area contributed by atoms with E-state index in [1.807, 2.05) is 0 Å². The summed E-state index contributed by atoms with van der Waals surface area (Å²) in [6.07, 6.45) is 2.04. The van der Waals surface area contributed by atoms with E-state index < -0.39 is 221 Å². The third-order valence-electron chi connectivity index (χ3n) is 23.6. The zero-order chi connectivity index (χ0) is 106. The number of aromatic nitrogens is 9. The van der Waals surface area contributed by atoms with Gasteiger partial charge in [-0.15, -0.1) is 46.4 Å². The molecule has 3 saturated carbocycles. The van der Waals surface area contributed by atoms with Gasteiger partial charge in [-0.3, -0.25) is 80.4 Å². The highest BCUT2D eigenvalue weighted by Gasteiger charge is 2.59. The van der Waals surface area contributed by atoms with Gasteiger partial charge >= 0.3 is 68.9 Å². The predicted octanol–water partition coefficient (Wildman–Crippen LogP) is 11.1. The van der Waals surface area contributed by atoms with E-state index in [0.29, 0.717) is 0 Å². The van der Waals surface area contributed by atoms with E-state index in [4.69, 9.17) is 113 Å². The number of anilines is 1. The first-order valence-corrected chi connectivity index (χ1v) is 59.2. The van der Waals surface area contributed by atoms with Gasteiger partial charge in [-0.25, -0.2) is 48.6 Å². The van der Waals surface area contributed by atoms with Crippen LogP contribution in [0.3, 0.4) is 0 Å². The first kappa shape index (κ1) is 120. The number of nitrogens with one attached hydrogen (secondary N) is 7. The number of hydrogen-bond acceptors (Lipinski definition) is 37. The van der Waals surface area contributed by atoms with Crippen molar-refractivity contribution in [3.63, 3.8) is 0 Å². The van der Waals surface area contributed by atoms with Crippen LogP contribution < -0.4 is 64.4 Å². The molecule has 1 aromatic carbocycles. The highest BCUT2D eigenvalue weighted by molar-refractivity contribution is 8.57. The van der Waals surface area contributed by atoms with Gasteiger partial charge in [0.15, 0.2) is 36.4 Å². The molecule has 806 valence electrons. The normalized spacial score (nSPS) is 28.7. The van der Waals surface area contributed by atoms with Gasteiger partial charge in [0.2, 0.25) is 0 Å². The van der Waals surface area contributed by atoms with Crippen LogP contribution in [0.25, 0.3) is 11.0 Å². The summed E-state index contributed by atoms with van der Waals surface area (Å²) in [5.74, 6) is -2.89. The van der Waals surface area contributed by atoms with Gasteiger partial charge in [0.05, 0.1) is 56.2 Å². The molecule has 13 rings (SSSR count). The van der Waals surface area contributed by atoms with Crippen molar-refractivity contribution < 1.29 is 123 Å². The lowest BCUT2D eigenvalue weighted by Gasteiger charge is -2.27. The van der Waals surface area contributed by atoms with E-state index in [0.717, 1.165) is 149 Å². The number of hydrogen-bond donors (Lipinski definition) is 12. The van der Waals surface area contributed by atoms with Gasteiger partial charge in [0.25, 0.3) is 16.7 Å². The summed E-state index contributed by atoms with van der Waals surface area (Å²) in [6, 6.07) is 7.87. The van der Waals surface area contributed by atoms with E-state index in [2.05, 4.69) is 45.3 Å². The summed E-state index contributed by atoms with van der Waals surface area (Å²) in [6.45, 7) is 13.5. The number of nitrogens with two attached hydrogens (primary N) is 1. The molecule has 7 fully saturated rings. The number of carbonyl (C=O) groups excluding carboxylic acids is 4. The average Bonchev–Trinajstić information content (AvgIpc) is 1.52. The minimum atomic E-state index is -4.24. The summed E-state index contributed by atoms with van der Waals surface area (Å²) >= 11 is 29.8. The van der Waals surface area contributed by atoms with E-state index in [1.54, 1.807) is 106 Å². The summed E-state index contributed by atoms with van der Waals surface area (Å²) in [5, 5.41) is 54.7. The number of alkyl halides is 4. The number of aromatic amines is 3. The molecule has 0 radical (unpaired) electrons. The molecule has 5 aromatic heterocycles. The van der Waals surface area contributed by atoms with Crippen LogP contribution in [0.5, 0.6) is 5.75 Å². The largest absolute Gasteiger partial charge is 0.462 e. The predicted molar refractivity (Wildman–Crippen MR) is 539 cm³/mol. The maximum absolute atomic E-state index is 14.7. The molecule has 0 amide bonds. The minimum absolute atomic E-state index is 0.0185. The smallest absolute Gasteiger partial charge is 0.459 e. The second-order valence-electron chi connectivity index (χ2n) is 37.3. The molecule has 7 aliphatic rings. The molecule has 13 N–H and O–H groups in total. The molecule has 4 aliphatic heterocycles. The van der Waals surface area contributed by atoms with Crippen LogP contribution in [0.15, 0.2) is 108 Å². The molecular weight excluding hydrogens is 2120 g/mol. The number of aliphatic hydroxyl groups excluding tert-OH is 4. The number of para-hydroxylation sites is 1. The van der Waals surface area contributed by atoms with Crippen LogP contribution >= 0.6 is 108 Å². The van der Waals surface area contributed by atoms with E-state index in [-0.39, 0.29) is 76.5 Å². The molecule has 3 aliphatic carbocycles. The molecule has 4 saturated heterocycles. The van der Waals surface area contributed by atoms with Crippen molar-refractivity contribution in [3.05, 3.63) is 148 Å². The van der Waals surface area contributed by atoms with Gasteiger partial charge in [-0.1, -0.05) is 90.9 Å². The second-order valence-corrected chi connectivity index (χ2v) is 55.7. The highest BCUT2D eigenvalue weighted by Crippen LogP contribution is 2.64. The lowest BCUT2D eigenvalue weighted by molar-refractivity contribution is -0.150. The summed E-state index contributed by atoms with van der Waals surface area (Å²) < 4.78 is 147. The Morgan fingerprint density at radius 3 is 1.01 bits per heavy atom. The van der Waals surface area contributed by atoms with Gasteiger partial charge in [0.1, 0.15) is 110 Å². The number of nitrogen functional groups attached to an aromatic ring is 1. The standard InChI is InChI=1S/C24H30ClFN5O7P.3C21H33ClN3O8PS/c1-13(2)36-22(33)14(3)30-39(34,38-15-8-6-5-7-9-15)35-11-17-19(32)24(4,25)23(37-17)31-10-16(26)18-20(27)28-12-29-21(18)31;3*1-12(2)32-18(28)13(3)24-34(30,35-14-7-5-6-8-14)31-11-15-17(27)21(4,22)19(33-15)25-10-9-16(26)23-20(25)29/h5-10,12-14,17,19,23,32H,11H2,1-4H3,(H,30,34)(H2,27,28,29);3*9-10,12-15,17,19,27H,5-8,11H2,1-4H3,(H,24,30)(H,23,26,29)/t14-,17-,19-,23-,24-,39?;13-,15-,17-,19-,21-,34?;13-,15-,17-,19-,21-,34+;13-,15-,17-,19-,21-,34-/m1111/s1. The molecular formula is C87H129Cl4FN14O31P4S3. The number of benzene rings is 1. The topological polar surface area (TPSA) is 607 Å². The fraction of sp³-hybridized carbons (Fsp3) is 0.678. The van der Waals surface area contributed by atoms with Crippen molar-refractivity contribution >= 4 is 149 Å². The van der Waals surface area contributed by atoms with Gasteiger partial charge in [0, 0.05) is 58.7 Å². The summed E-state index contributed by atoms with van der Waals surface area (Å²) in [7, 11) is -4.24. The number of aliphatic hydroxyl groups is 4. The number of fused-ring (bicyclic) bond motifs is 1. The Bertz CT molecular complexity index is 5560. The molecule has 0 bridgehead atoms. The van der Waals surface area contributed by atoms with Crippen molar-refractivity contribution in [3.8, 4) is 5.75 Å². The van der Waals surface area contributed by atoms with Crippen LogP contribution in [0.4, 0.5) is 10.2 Å². The zero-order valence-electron chi connectivity index (χ0n) is 82.1. The van der Waals surface area contributed by atoms with Crippen molar-refractivity contribution in [1.82, 2.24) is 63.5 Å². The minimum Gasteiger partial charge on any atom is -0.462 e. The lowest BCUT2D eigenvalue weighted by atomic mass is 10.0. The Balaban J connectivity index is 0.000000197. The van der Waals surface area contributed by atoms with Gasteiger partial charge in [-0.2, -0.15) is 5.09 Å². The molecule has 6 aromatic rings. The van der Waals surface area contributed by atoms with Crippen molar-refractivity contribution in [1.29, 1.82) is 0 Å². The number of ether oxygens (including phenoxy) is 8. The average molecular weight is 2250 g/mol. The number of halogens is 5. The number of rotatable bonds is 40. The van der Waals surface area contributed by atoms with Crippen LogP contribution in [0, 0.1) is 5.82 Å². The number of esters is 4. The first-order valence-electron chi connectivity index (χ1n) is 46.8. The van der Waals surface area contributed by atoms with Crippen LogP contribution in [0.2, 0.25) is 0 Å². The van der Waals surface area contributed by atoms with Crippen LogP contribution in [-0.2, 0) is 93.4 Å². The second kappa shape index (κ2) is 51.3. The summed E-state index contributed by atoms with van der Waals surface area (Å²) in [5.41, 5.74) is 1.94. The van der Waals surface area contributed by atoms with E-state index in [1.165, 1.54) is 64.1 Å². The quantitative estimate of drug-likeness (QED) is 0.00736. The number of H-pyrrole nitrogens is 3. The zero-order valence-corrected chi connectivity index (χ0v) is 91.1. The monoisotopic (exact) mass is 2240 g/mol. The molecule has 2 unspecified atom stereocenters. The molecule has 57 heteroatoms. The van der Waals surface area contributed by atoms with Crippen LogP contribution in [-0.4, -0.2) is 247 Å². The Hall–Kier alpha value is -6.22. The maximum Gasteiger partial charge on any atom is 0.459 e. The third-order valence-corrected chi connectivity index (χ3v) is 40.7. The molecule has 45 nitrogen and oxygen atoms in total. The Morgan fingerprint density at radius 2 is 0.729 bits per heavy atom. The van der Waals surface area contributed by atoms with Gasteiger partial charge in [-0.05, 0) is 161 Å². The lowest BCUT2D eigenvalue weighted by Crippen LogP contribution is -2.43. The molecule has 144 heavy (non-hydrogen) atoms. The Morgan fingerprint density at radius 1 is 0.451 bits per heavy atom. The summed E-state index contributed by atoms with van der Waals surface area (Å²) in [4.78, 5) is 129. The SMILES string of the molecule is CC(C)OC(=O)[C@@H](C)NP(=O)(OC[C@H]1O[C@@H](n2cc(F)c3c(N)ncnc32)[C@](C)(Cl)[C@@H]1O)Oc1ccccc1.CC(C)OC(=O)[C@@H](C)NP(=O)(OC[C@H]1O[C@@H](n2ccc(=O)[nH]c2=O)[C@](C)(Cl)[C@@H]1O)SC1CCCC1.CC(C)OC(=O)[C@@H](C)N[P@@](=O)(OC[C@H]1O[C@@H](n2ccc(=O)[nH]c2=O)[C@](C)(Cl)[C@@H]1O)SC1CCCC1.CC(C)OC(=O)[C@@H](C)N[P@](=O)(OC[C@H]1O[C@@H](n2ccc(=O)[nH]c2=O)[C@](C)(Cl)[C@@H]1O)SC1CCCC1. The first-order chi connectivity index (χ1) is 67.3. The van der Waals surface area contributed by atoms with Gasteiger partial charge < -0.3 is 86.7 Å². The molecule has 9 heterocycles. The highest BCUT2D eigenvalue weighted by atomic mass is 35.5. The number of carbonyl (C=O) groups is 4. The third kappa shape index (κ3) is 31.5. The van der Waals surface area contributed by atoms with E-state index >= 15 is 0 Å². The molecule has 24 atom stereocenters. The fourth-order valence-electron chi connectivity index (χ4n) is 16.2. The fourth-order valence-corrected chi connectivity index (χ4v) is 33.6. The van der Waals surface area contributed by atoms with Crippen molar-refractivity contribution in [2.75, 3.05) is 32.2 Å². The van der Waals surface area contributed by atoms with E-state index in [9.17, 15) is 91.0 Å². The number of nitrogens with zero attached hydrogens (tertiary/aromatic N) is 6. The Kier molecular flexibility index (Phi) is 42.6. The van der Waals surface area contributed by atoms with Crippen molar-refractivity contribution in [2.24, 2.45) is 0 Å². The van der Waals surface area contributed by atoms with Crippen molar-refractivity contribution in [2.45, 2.75) is 345 Å². The van der Waals surface area contributed by atoms with Crippen LogP contribution in [0.1, 0.15) is 213 Å². The Labute approximate surface area is 861 Å². The maximum atomic E-state index is 14.7. The molecule has 0 spiro atoms.